The summed E-state index contributed by atoms with van der Waals surface area (Å²) < 4.78 is 0. The third kappa shape index (κ3) is 4.41. The monoisotopic (exact) mass is 408 g/mol. The molecule has 7 heteroatoms. The molecule has 0 spiro atoms. The van der Waals surface area contributed by atoms with Gasteiger partial charge in [0.25, 0.3) is 5.91 Å². The van der Waals surface area contributed by atoms with E-state index in [1.54, 1.807) is 0 Å². The lowest BCUT2D eigenvalue weighted by atomic mass is 10.0. The van der Waals surface area contributed by atoms with Crippen LogP contribution in [0.2, 0.25) is 0 Å². The van der Waals surface area contributed by atoms with E-state index < -0.39 is 0 Å². The Morgan fingerprint density at radius 3 is 1.97 bits per heavy atom. The number of carbonyl (C=O) groups excluding carboxylic acids is 1. The minimum Gasteiger partial charge on any atom is -0.354 e. The Morgan fingerprint density at radius 1 is 0.800 bits per heavy atom. The van der Waals surface area contributed by atoms with Crippen molar-refractivity contribution < 1.29 is 4.79 Å². The van der Waals surface area contributed by atoms with Crippen molar-refractivity contribution in [2.75, 3.05) is 69.2 Å². The van der Waals surface area contributed by atoms with Crippen molar-refractivity contribution in [3.05, 3.63) is 46.8 Å². The third-order valence-corrected chi connectivity index (χ3v) is 6.15. The van der Waals surface area contributed by atoms with Crippen LogP contribution in [0.25, 0.3) is 0 Å². The molecule has 2 fully saturated rings. The van der Waals surface area contributed by atoms with E-state index in [1.807, 2.05) is 37.8 Å². The number of carbonyl (C=O) groups is 1. The molecule has 7 nitrogen and oxygen atoms in total. The summed E-state index contributed by atoms with van der Waals surface area (Å²) in [4.78, 5) is 31.3. The van der Waals surface area contributed by atoms with Crippen LogP contribution in [-0.4, -0.2) is 85.1 Å². The number of benzene rings is 1. The zero-order valence-corrected chi connectivity index (χ0v) is 18.6. The molecule has 1 aromatic carbocycles. The molecular formula is C23H32N6O. The summed E-state index contributed by atoms with van der Waals surface area (Å²) in [6.45, 7) is 13.1. The molecule has 2 aliphatic heterocycles. The highest BCUT2D eigenvalue weighted by atomic mass is 16.2. The average molecular weight is 409 g/mol. The summed E-state index contributed by atoms with van der Waals surface area (Å²) in [5.41, 5.74) is 2.98. The zero-order valence-electron chi connectivity index (χ0n) is 18.6. The van der Waals surface area contributed by atoms with Gasteiger partial charge in [-0.05, 0) is 39.4 Å². The van der Waals surface area contributed by atoms with Crippen molar-refractivity contribution in [3.63, 3.8) is 0 Å². The number of nitrogens with zero attached hydrogens (tertiary/aromatic N) is 6. The summed E-state index contributed by atoms with van der Waals surface area (Å²) in [6, 6.07) is 8.20. The van der Waals surface area contributed by atoms with Crippen molar-refractivity contribution in [2.45, 2.75) is 20.8 Å². The van der Waals surface area contributed by atoms with E-state index >= 15 is 0 Å². The Balaban J connectivity index is 1.44. The summed E-state index contributed by atoms with van der Waals surface area (Å²) >= 11 is 0. The van der Waals surface area contributed by atoms with E-state index in [2.05, 4.69) is 38.9 Å². The molecule has 0 bridgehead atoms. The van der Waals surface area contributed by atoms with Crippen LogP contribution in [0.4, 0.5) is 11.6 Å². The number of hydrogen-bond donors (Lipinski definition) is 0. The van der Waals surface area contributed by atoms with Crippen LogP contribution < -0.4 is 9.80 Å². The van der Waals surface area contributed by atoms with Gasteiger partial charge >= 0.3 is 0 Å². The van der Waals surface area contributed by atoms with E-state index in [1.165, 1.54) is 0 Å². The first kappa shape index (κ1) is 20.6. The SMILES string of the molecule is Cc1ccc(C)c(C(=O)N2CCN(c3cc(N4CCN(C)CC4)nc(C)n3)CC2)c1. The van der Waals surface area contributed by atoms with Gasteiger partial charge in [0, 0.05) is 64.0 Å². The highest BCUT2D eigenvalue weighted by molar-refractivity contribution is 5.96. The molecule has 4 rings (SSSR count). The second-order valence-electron chi connectivity index (χ2n) is 8.52. The first-order chi connectivity index (χ1) is 14.4. The van der Waals surface area contributed by atoms with Gasteiger partial charge in [-0.1, -0.05) is 17.7 Å². The van der Waals surface area contributed by atoms with E-state index in [0.29, 0.717) is 13.1 Å². The van der Waals surface area contributed by atoms with Crippen LogP contribution in [0.5, 0.6) is 0 Å². The maximum absolute atomic E-state index is 13.0. The zero-order chi connectivity index (χ0) is 21.3. The molecule has 160 valence electrons. The summed E-state index contributed by atoms with van der Waals surface area (Å²) in [6.07, 6.45) is 0. The number of hydrogen-bond acceptors (Lipinski definition) is 6. The first-order valence-corrected chi connectivity index (χ1v) is 10.8. The molecule has 0 N–H and O–H groups in total. The predicted octanol–water partition coefficient (Wildman–Crippen LogP) is 2.12. The fraction of sp³-hybridized carbons (Fsp3) is 0.522. The minimum absolute atomic E-state index is 0.132. The Morgan fingerprint density at radius 2 is 1.37 bits per heavy atom. The average Bonchev–Trinajstić information content (AvgIpc) is 2.75. The van der Waals surface area contributed by atoms with Crippen molar-refractivity contribution in [1.29, 1.82) is 0 Å². The van der Waals surface area contributed by atoms with Gasteiger partial charge in [-0.15, -0.1) is 0 Å². The fourth-order valence-electron chi connectivity index (χ4n) is 4.17. The maximum Gasteiger partial charge on any atom is 0.254 e. The van der Waals surface area contributed by atoms with Crippen LogP contribution in [-0.2, 0) is 0 Å². The Bertz CT molecular complexity index is 914. The normalized spacial score (nSPS) is 18.1. The van der Waals surface area contributed by atoms with Crippen LogP contribution in [0, 0.1) is 20.8 Å². The number of anilines is 2. The van der Waals surface area contributed by atoms with Crippen molar-refractivity contribution in [1.82, 2.24) is 19.8 Å². The Labute approximate surface area is 179 Å². The van der Waals surface area contributed by atoms with E-state index in [0.717, 1.165) is 73.4 Å². The minimum atomic E-state index is 0.132. The van der Waals surface area contributed by atoms with Gasteiger partial charge in [0.05, 0.1) is 0 Å². The summed E-state index contributed by atoms with van der Waals surface area (Å²) in [5, 5.41) is 0. The Kier molecular flexibility index (Phi) is 5.90. The highest BCUT2D eigenvalue weighted by Crippen LogP contribution is 2.22. The highest BCUT2D eigenvalue weighted by Gasteiger charge is 2.25. The molecule has 3 heterocycles. The molecule has 1 aromatic heterocycles. The van der Waals surface area contributed by atoms with Crippen molar-refractivity contribution in [3.8, 4) is 0 Å². The number of aromatic nitrogens is 2. The van der Waals surface area contributed by atoms with Gasteiger partial charge in [-0.25, -0.2) is 9.97 Å². The van der Waals surface area contributed by atoms with E-state index in [4.69, 9.17) is 4.98 Å². The number of likely N-dealkylation sites (N-methyl/N-ethyl adjacent to an activating group) is 1. The molecule has 2 aliphatic rings. The van der Waals surface area contributed by atoms with E-state index in [-0.39, 0.29) is 5.91 Å². The molecule has 2 saturated heterocycles. The molecule has 0 atom stereocenters. The lowest BCUT2D eigenvalue weighted by Crippen LogP contribution is -2.49. The second-order valence-corrected chi connectivity index (χ2v) is 8.52. The molecule has 0 aliphatic carbocycles. The standard InChI is InChI=1S/C23H32N6O/c1-17-5-6-18(2)20(15-17)23(30)29-13-11-28(12-14-29)22-16-21(24-19(3)25-22)27-9-7-26(4)8-10-27/h5-6,15-16H,7-14H2,1-4H3. The first-order valence-electron chi connectivity index (χ1n) is 10.8. The van der Waals surface area contributed by atoms with Crippen LogP contribution in [0.3, 0.4) is 0 Å². The predicted molar refractivity (Wildman–Crippen MR) is 121 cm³/mol. The molecular weight excluding hydrogens is 376 g/mol. The van der Waals surface area contributed by atoms with Gasteiger partial charge in [0.1, 0.15) is 17.5 Å². The summed E-state index contributed by atoms with van der Waals surface area (Å²) in [7, 11) is 2.16. The van der Waals surface area contributed by atoms with Crippen LogP contribution >= 0.6 is 0 Å². The van der Waals surface area contributed by atoms with Gasteiger partial charge in [0.15, 0.2) is 0 Å². The van der Waals surface area contributed by atoms with Gasteiger partial charge in [0.2, 0.25) is 0 Å². The second kappa shape index (κ2) is 8.60. The van der Waals surface area contributed by atoms with E-state index in [9.17, 15) is 4.79 Å². The molecule has 0 radical (unpaired) electrons. The number of piperazine rings is 2. The lowest BCUT2D eigenvalue weighted by molar-refractivity contribution is 0.0745. The molecule has 0 unspecified atom stereocenters. The van der Waals surface area contributed by atoms with Gasteiger partial charge in [-0.3, -0.25) is 4.79 Å². The maximum atomic E-state index is 13.0. The van der Waals surface area contributed by atoms with Crippen LogP contribution in [0.1, 0.15) is 27.3 Å². The summed E-state index contributed by atoms with van der Waals surface area (Å²) in [5.74, 6) is 2.91. The topological polar surface area (TPSA) is 55.8 Å². The van der Waals surface area contributed by atoms with Crippen LogP contribution in [0.15, 0.2) is 24.3 Å². The number of amides is 1. The van der Waals surface area contributed by atoms with Gasteiger partial charge < -0.3 is 19.6 Å². The lowest BCUT2D eigenvalue weighted by Gasteiger charge is -2.37. The quantitative estimate of drug-likeness (QED) is 0.776. The molecule has 2 aromatic rings. The molecule has 1 amide bonds. The molecule has 30 heavy (non-hydrogen) atoms. The fourth-order valence-corrected chi connectivity index (χ4v) is 4.17. The Hall–Kier alpha value is -2.67. The van der Waals surface area contributed by atoms with Crippen molar-refractivity contribution >= 4 is 17.5 Å². The van der Waals surface area contributed by atoms with Gasteiger partial charge in [-0.2, -0.15) is 0 Å². The number of aryl methyl sites for hydroxylation is 3. The third-order valence-electron chi connectivity index (χ3n) is 6.15. The van der Waals surface area contributed by atoms with Crippen molar-refractivity contribution in [2.24, 2.45) is 0 Å². The largest absolute Gasteiger partial charge is 0.354 e. The molecule has 0 saturated carbocycles. The smallest absolute Gasteiger partial charge is 0.254 e. The number of rotatable bonds is 3.